The summed E-state index contributed by atoms with van der Waals surface area (Å²) in [6.45, 7) is 4.60. The monoisotopic (exact) mass is 622 g/mol. The summed E-state index contributed by atoms with van der Waals surface area (Å²) in [6, 6.07) is 0. The molecule has 0 aromatic carbocycles. The molecule has 0 aromatic rings. The first kappa shape index (κ1) is 90.7. The standard InChI is InChI=1S/C4H5F5.C3H3F5O.C3H3F5.C2H6.10CH4/c1-2-3(5,6)4(7,8)9;1-9-3(7,8)2(4,5)6;1-2(4,5)3(6,7)8;1-2;;;;;;;;;;/h2H2,1H3;1H3;1H3;1-2H3;10*1H4. The summed E-state index contributed by atoms with van der Waals surface area (Å²) < 4.78 is 169. The van der Waals surface area contributed by atoms with E-state index in [0.717, 1.165) is 6.92 Å². The molecule has 0 amide bonds. The van der Waals surface area contributed by atoms with Gasteiger partial charge in [-0.15, -0.1) is 0 Å². The van der Waals surface area contributed by atoms with Gasteiger partial charge >= 0.3 is 36.5 Å². The van der Waals surface area contributed by atoms with Crippen LogP contribution in [0.3, 0.4) is 0 Å². The van der Waals surface area contributed by atoms with Gasteiger partial charge in [-0.05, 0) is 0 Å². The summed E-state index contributed by atoms with van der Waals surface area (Å²) in [7, 11) is 0.285. The summed E-state index contributed by atoms with van der Waals surface area (Å²) >= 11 is 0. The molecule has 1 nitrogen and oxygen atoms in total. The van der Waals surface area contributed by atoms with Crippen molar-refractivity contribution < 1.29 is 70.6 Å². The van der Waals surface area contributed by atoms with Gasteiger partial charge in [-0.3, -0.25) is 0 Å². The second kappa shape index (κ2) is 32.1. The molecule has 0 unspecified atom stereocenters. The van der Waals surface area contributed by atoms with E-state index in [1.807, 2.05) is 13.8 Å². The maximum absolute atomic E-state index is 11.5. The molecule has 0 N–H and O–H groups in total. The van der Waals surface area contributed by atoms with E-state index in [-0.39, 0.29) is 88.3 Å². The average molecular weight is 623 g/mol. The van der Waals surface area contributed by atoms with Crippen LogP contribution in [-0.2, 0) is 4.74 Å². The molecule has 0 aromatic heterocycles. The van der Waals surface area contributed by atoms with Gasteiger partial charge in [0.05, 0.1) is 0 Å². The summed E-state index contributed by atoms with van der Waals surface area (Å²) in [5.74, 6) is -9.08. The molecule has 0 fully saturated rings. The Morgan fingerprint density at radius 1 is 0.447 bits per heavy atom. The highest BCUT2D eigenvalue weighted by Crippen LogP contribution is 2.37. The molecular formula is C22H57F15O. The van der Waals surface area contributed by atoms with E-state index in [1.54, 1.807) is 0 Å². The fourth-order valence-corrected chi connectivity index (χ4v) is 0.316. The first-order valence-corrected chi connectivity index (χ1v) is 6.76. The lowest BCUT2D eigenvalue weighted by Crippen LogP contribution is -2.37. The largest absolute Gasteiger partial charge is 0.482 e. The molecule has 0 radical (unpaired) electrons. The molecular weight excluding hydrogens is 565 g/mol. The molecule has 0 spiro atoms. The van der Waals surface area contributed by atoms with Crippen molar-refractivity contribution in [2.75, 3.05) is 7.11 Å². The van der Waals surface area contributed by atoms with Crippen LogP contribution in [0.2, 0.25) is 0 Å². The maximum atomic E-state index is 11.5. The van der Waals surface area contributed by atoms with Crippen LogP contribution < -0.4 is 0 Å². The van der Waals surface area contributed by atoms with Gasteiger partial charge in [-0.1, -0.05) is 95.0 Å². The Bertz CT molecular complexity index is 358. The highest BCUT2D eigenvalue weighted by molar-refractivity contribution is 4.72. The van der Waals surface area contributed by atoms with Crippen molar-refractivity contribution >= 4 is 0 Å². The number of ether oxygens (including phenoxy) is 1. The number of hydrogen-bond donors (Lipinski definition) is 0. The van der Waals surface area contributed by atoms with Gasteiger partial charge in [-0.25, -0.2) is 0 Å². The van der Waals surface area contributed by atoms with Crippen molar-refractivity contribution in [1.29, 1.82) is 0 Å². The summed E-state index contributed by atoms with van der Waals surface area (Å²) in [4.78, 5) is 0. The first-order valence-electron chi connectivity index (χ1n) is 6.76. The Kier molecular flexibility index (Phi) is 76.7. The van der Waals surface area contributed by atoms with E-state index in [4.69, 9.17) is 0 Å². The maximum Gasteiger partial charge on any atom is 0.482 e. The third-order valence-electron chi connectivity index (χ3n) is 1.94. The predicted octanol–water partition coefficient (Wildman–Crippen LogP) is 14.0. The Hall–Kier alpha value is -1.09. The molecule has 0 saturated carbocycles. The Balaban J connectivity index is -0.0000000163. The lowest BCUT2D eigenvalue weighted by Gasteiger charge is -2.16. The second-order valence-corrected chi connectivity index (χ2v) is 4.16. The number of hydrogen-bond acceptors (Lipinski definition) is 1. The summed E-state index contributed by atoms with van der Waals surface area (Å²) in [5, 5.41) is 0. The van der Waals surface area contributed by atoms with E-state index in [1.165, 1.54) is 0 Å². The average Bonchev–Trinajstić information content (AvgIpc) is 2.46. The van der Waals surface area contributed by atoms with Crippen LogP contribution in [0.15, 0.2) is 0 Å². The van der Waals surface area contributed by atoms with Gasteiger partial charge in [0.15, 0.2) is 0 Å². The van der Waals surface area contributed by atoms with E-state index in [0.29, 0.717) is 0 Å². The molecule has 256 valence electrons. The number of alkyl halides is 15. The molecule has 0 aliphatic heterocycles. The van der Waals surface area contributed by atoms with E-state index >= 15 is 0 Å². The molecule has 0 heterocycles. The third-order valence-corrected chi connectivity index (χ3v) is 1.94. The van der Waals surface area contributed by atoms with Crippen LogP contribution in [0.5, 0.6) is 0 Å². The minimum Gasteiger partial charge on any atom is -0.317 e. The van der Waals surface area contributed by atoms with Crippen LogP contribution in [0.4, 0.5) is 65.9 Å². The van der Waals surface area contributed by atoms with Crippen molar-refractivity contribution in [1.82, 2.24) is 0 Å². The normalized spacial score (nSPS) is 9.79. The van der Waals surface area contributed by atoms with Crippen LogP contribution in [-0.4, -0.2) is 43.6 Å². The highest BCUT2D eigenvalue weighted by Gasteiger charge is 2.58. The zero-order chi connectivity index (χ0) is 24.4. The number of rotatable bonds is 2. The quantitative estimate of drug-likeness (QED) is 0.279. The lowest BCUT2D eigenvalue weighted by atomic mass is 10.2. The van der Waals surface area contributed by atoms with Crippen LogP contribution in [0.1, 0.15) is 108 Å². The Labute approximate surface area is 223 Å². The molecule has 0 rings (SSSR count). The fraction of sp³-hybridized carbons (Fsp3) is 1.00. The summed E-state index contributed by atoms with van der Waals surface area (Å²) in [6.07, 6.45) is -22.6. The first-order chi connectivity index (χ1) is 11.9. The number of halogens is 15. The topological polar surface area (TPSA) is 9.23 Å². The zero-order valence-corrected chi connectivity index (χ0v) is 14.8. The molecule has 0 atom stereocenters. The fourth-order valence-electron chi connectivity index (χ4n) is 0.316. The van der Waals surface area contributed by atoms with E-state index in [2.05, 4.69) is 4.74 Å². The van der Waals surface area contributed by atoms with Crippen LogP contribution >= 0.6 is 0 Å². The van der Waals surface area contributed by atoms with Gasteiger partial charge in [0.1, 0.15) is 0 Å². The van der Waals surface area contributed by atoms with Gasteiger partial charge in [0, 0.05) is 20.5 Å². The number of methoxy groups -OCH3 is 1. The molecule has 0 saturated heterocycles. The van der Waals surface area contributed by atoms with Crippen molar-refractivity contribution in [3.63, 3.8) is 0 Å². The lowest BCUT2D eigenvalue weighted by molar-refractivity contribution is -0.383. The smallest absolute Gasteiger partial charge is 0.317 e. The van der Waals surface area contributed by atoms with Crippen molar-refractivity contribution in [3.05, 3.63) is 0 Å². The molecule has 38 heavy (non-hydrogen) atoms. The van der Waals surface area contributed by atoms with Crippen LogP contribution in [0.25, 0.3) is 0 Å². The van der Waals surface area contributed by atoms with Gasteiger partial charge < -0.3 is 4.74 Å². The minimum atomic E-state index is -5.61. The SMILES string of the molecule is C.C.C.C.C.C.C.C.C.C.CC.CC(F)(F)C(F)(F)F.CCC(F)(F)C(F)(F)F.COC(F)(F)C(F)(F)F. The predicted molar refractivity (Wildman–Crippen MR) is 135 cm³/mol. The van der Waals surface area contributed by atoms with Crippen molar-refractivity contribution in [2.45, 2.75) is 145 Å². The molecule has 0 aliphatic carbocycles. The zero-order valence-electron chi connectivity index (χ0n) is 14.8. The van der Waals surface area contributed by atoms with Gasteiger partial charge in [0.2, 0.25) is 0 Å². The van der Waals surface area contributed by atoms with Crippen molar-refractivity contribution in [3.8, 4) is 0 Å². The highest BCUT2D eigenvalue weighted by atomic mass is 19.4. The Morgan fingerprint density at radius 3 is 0.632 bits per heavy atom. The third kappa shape index (κ3) is 39.4. The van der Waals surface area contributed by atoms with Crippen molar-refractivity contribution in [2.24, 2.45) is 0 Å². The second-order valence-electron chi connectivity index (χ2n) is 4.16. The van der Waals surface area contributed by atoms with Crippen LogP contribution in [0, 0.1) is 0 Å². The van der Waals surface area contributed by atoms with Gasteiger partial charge in [0.25, 0.3) is 0 Å². The molecule has 16 heteroatoms. The summed E-state index contributed by atoms with van der Waals surface area (Å²) in [5.41, 5.74) is 0. The van der Waals surface area contributed by atoms with E-state index in [9.17, 15) is 65.9 Å². The molecule has 0 aliphatic rings. The minimum absolute atomic E-state index is 0. The van der Waals surface area contributed by atoms with E-state index < -0.39 is 42.9 Å². The Morgan fingerprint density at radius 2 is 0.632 bits per heavy atom. The molecule has 0 bridgehead atoms. The van der Waals surface area contributed by atoms with Gasteiger partial charge in [-0.2, -0.15) is 65.9 Å².